The van der Waals surface area contributed by atoms with Crippen LogP contribution in [0, 0.1) is 0 Å². The Labute approximate surface area is 133 Å². The summed E-state index contributed by atoms with van der Waals surface area (Å²) in [6.45, 7) is 6.39. The summed E-state index contributed by atoms with van der Waals surface area (Å²) in [7, 11) is 0. The SMILES string of the molecule is CC1CCCCN1CCCNC(N)=NCCCc1cnc[nH]1. The van der Waals surface area contributed by atoms with Gasteiger partial charge in [-0.1, -0.05) is 6.42 Å². The number of aliphatic imine (C=N–C) groups is 1. The zero-order valence-corrected chi connectivity index (χ0v) is 13.7. The van der Waals surface area contributed by atoms with E-state index in [1.54, 1.807) is 6.33 Å². The van der Waals surface area contributed by atoms with Crippen LogP contribution in [0.5, 0.6) is 0 Å². The molecule has 22 heavy (non-hydrogen) atoms. The summed E-state index contributed by atoms with van der Waals surface area (Å²) in [6, 6.07) is 0.738. The van der Waals surface area contributed by atoms with Gasteiger partial charge in [0.15, 0.2) is 5.96 Å². The number of hydrogen-bond donors (Lipinski definition) is 3. The van der Waals surface area contributed by atoms with Crippen molar-refractivity contribution in [2.24, 2.45) is 10.7 Å². The maximum absolute atomic E-state index is 5.88. The van der Waals surface area contributed by atoms with Gasteiger partial charge in [0, 0.05) is 37.6 Å². The molecule has 1 fully saturated rings. The maximum atomic E-state index is 5.88. The molecule has 2 heterocycles. The van der Waals surface area contributed by atoms with Gasteiger partial charge in [0.2, 0.25) is 0 Å². The molecule has 6 heteroatoms. The number of aryl methyl sites for hydroxylation is 1. The Bertz CT molecular complexity index is 428. The van der Waals surface area contributed by atoms with E-state index in [4.69, 9.17) is 5.73 Å². The van der Waals surface area contributed by atoms with Gasteiger partial charge < -0.3 is 20.9 Å². The zero-order chi connectivity index (χ0) is 15.6. The minimum absolute atomic E-state index is 0.566. The molecule has 1 aliphatic heterocycles. The molecule has 1 saturated heterocycles. The fraction of sp³-hybridized carbons (Fsp3) is 0.750. The smallest absolute Gasteiger partial charge is 0.188 e. The van der Waals surface area contributed by atoms with Crippen LogP contribution >= 0.6 is 0 Å². The molecule has 4 N–H and O–H groups in total. The Balaban J connectivity index is 1.51. The quantitative estimate of drug-likeness (QED) is 0.386. The number of rotatable bonds is 8. The Kier molecular flexibility index (Phi) is 7.22. The second-order valence-electron chi connectivity index (χ2n) is 6.11. The van der Waals surface area contributed by atoms with Crippen molar-refractivity contribution in [3.63, 3.8) is 0 Å². The van der Waals surface area contributed by atoms with E-state index in [0.717, 1.165) is 50.6 Å². The van der Waals surface area contributed by atoms with E-state index in [1.165, 1.54) is 25.8 Å². The summed E-state index contributed by atoms with van der Waals surface area (Å²) in [5.41, 5.74) is 7.04. The van der Waals surface area contributed by atoms with Crippen LogP contribution in [-0.2, 0) is 6.42 Å². The molecule has 0 spiro atoms. The average Bonchev–Trinajstić information content (AvgIpc) is 3.03. The van der Waals surface area contributed by atoms with Gasteiger partial charge in [0.1, 0.15) is 0 Å². The number of imidazole rings is 1. The van der Waals surface area contributed by atoms with E-state index < -0.39 is 0 Å². The molecule has 0 aromatic carbocycles. The first-order chi connectivity index (χ1) is 10.8. The van der Waals surface area contributed by atoms with Crippen LogP contribution in [0.25, 0.3) is 0 Å². The van der Waals surface area contributed by atoms with E-state index in [2.05, 4.69) is 32.1 Å². The standard InChI is InChI=1S/C16H30N6/c1-14-6-2-3-10-22(14)11-5-9-20-16(17)19-8-4-7-15-12-18-13-21-15/h12-14H,2-11H2,1H3,(H,18,21)(H3,17,19,20). The van der Waals surface area contributed by atoms with Crippen LogP contribution in [0.2, 0.25) is 0 Å². The second kappa shape index (κ2) is 9.46. The van der Waals surface area contributed by atoms with E-state index in [0.29, 0.717) is 5.96 Å². The molecule has 6 nitrogen and oxygen atoms in total. The third kappa shape index (κ3) is 6.05. The van der Waals surface area contributed by atoms with Crippen molar-refractivity contribution < 1.29 is 0 Å². The minimum atomic E-state index is 0.566. The molecule has 1 atom stereocenters. The van der Waals surface area contributed by atoms with Crippen molar-refractivity contribution in [2.45, 2.75) is 51.5 Å². The molecule has 2 rings (SSSR count). The van der Waals surface area contributed by atoms with Gasteiger partial charge in [-0.05, 0) is 45.6 Å². The summed E-state index contributed by atoms with van der Waals surface area (Å²) in [6.07, 6.45) is 10.7. The predicted molar refractivity (Wildman–Crippen MR) is 90.9 cm³/mol. The van der Waals surface area contributed by atoms with Crippen LogP contribution in [-0.4, -0.2) is 53.0 Å². The molecular formula is C16H30N6. The molecule has 1 aromatic rings. The second-order valence-corrected chi connectivity index (χ2v) is 6.11. The van der Waals surface area contributed by atoms with Gasteiger partial charge in [-0.25, -0.2) is 4.98 Å². The van der Waals surface area contributed by atoms with E-state index in [-0.39, 0.29) is 0 Å². The fourth-order valence-electron chi connectivity index (χ4n) is 2.93. The summed E-state index contributed by atoms with van der Waals surface area (Å²) >= 11 is 0. The number of aromatic amines is 1. The number of nitrogens with two attached hydrogens (primary N) is 1. The van der Waals surface area contributed by atoms with E-state index >= 15 is 0 Å². The summed E-state index contributed by atoms with van der Waals surface area (Å²) in [5.74, 6) is 0.566. The lowest BCUT2D eigenvalue weighted by Gasteiger charge is -2.33. The van der Waals surface area contributed by atoms with Crippen molar-refractivity contribution >= 4 is 5.96 Å². The number of guanidine groups is 1. The number of piperidine rings is 1. The molecular weight excluding hydrogens is 276 g/mol. The molecule has 0 amide bonds. The highest BCUT2D eigenvalue weighted by Crippen LogP contribution is 2.15. The van der Waals surface area contributed by atoms with Gasteiger partial charge in [-0.2, -0.15) is 0 Å². The highest BCUT2D eigenvalue weighted by atomic mass is 15.2. The lowest BCUT2D eigenvalue weighted by Crippen LogP contribution is -2.40. The van der Waals surface area contributed by atoms with Gasteiger partial charge in [-0.3, -0.25) is 4.99 Å². The zero-order valence-electron chi connectivity index (χ0n) is 13.7. The number of nitrogens with one attached hydrogen (secondary N) is 2. The normalized spacial score (nSPS) is 20.2. The third-order valence-electron chi connectivity index (χ3n) is 4.31. The van der Waals surface area contributed by atoms with Crippen LogP contribution < -0.4 is 11.1 Å². The summed E-state index contributed by atoms with van der Waals surface area (Å²) in [5, 5.41) is 3.21. The predicted octanol–water partition coefficient (Wildman–Crippen LogP) is 1.51. The average molecular weight is 306 g/mol. The van der Waals surface area contributed by atoms with Gasteiger partial charge in [0.05, 0.1) is 6.33 Å². The van der Waals surface area contributed by atoms with Crippen molar-refractivity contribution in [3.8, 4) is 0 Å². The van der Waals surface area contributed by atoms with Crippen molar-refractivity contribution in [3.05, 3.63) is 18.2 Å². The minimum Gasteiger partial charge on any atom is -0.370 e. The first-order valence-electron chi connectivity index (χ1n) is 8.51. The van der Waals surface area contributed by atoms with Crippen LogP contribution in [0.4, 0.5) is 0 Å². The lowest BCUT2D eigenvalue weighted by atomic mass is 10.0. The van der Waals surface area contributed by atoms with Crippen LogP contribution in [0.1, 0.15) is 44.7 Å². The summed E-state index contributed by atoms with van der Waals surface area (Å²) < 4.78 is 0. The Morgan fingerprint density at radius 1 is 1.50 bits per heavy atom. The monoisotopic (exact) mass is 306 g/mol. The topological polar surface area (TPSA) is 82.3 Å². The van der Waals surface area contributed by atoms with E-state index in [9.17, 15) is 0 Å². The van der Waals surface area contributed by atoms with E-state index in [1.807, 2.05) is 6.20 Å². The first kappa shape index (κ1) is 16.8. The Morgan fingerprint density at radius 2 is 2.41 bits per heavy atom. The number of likely N-dealkylation sites (tertiary alicyclic amines) is 1. The molecule has 1 unspecified atom stereocenters. The maximum Gasteiger partial charge on any atom is 0.188 e. The number of hydrogen-bond acceptors (Lipinski definition) is 3. The molecule has 0 aliphatic carbocycles. The number of nitrogens with zero attached hydrogens (tertiary/aromatic N) is 3. The van der Waals surface area contributed by atoms with Gasteiger partial charge >= 0.3 is 0 Å². The van der Waals surface area contributed by atoms with Crippen molar-refractivity contribution in [1.82, 2.24) is 20.2 Å². The molecule has 0 radical (unpaired) electrons. The van der Waals surface area contributed by atoms with Crippen LogP contribution in [0.15, 0.2) is 17.5 Å². The number of aromatic nitrogens is 2. The largest absolute Gasteiger partial charge is 0.370 e. The molecule has 0 bridgehead atoms. The first-order valence-corrected chi connectivity index (χ1v) is 8.51. The fourth-order valence-corrected chi connectivity index (χ4v) is 2.93. The summed E-state index contributed by atoms with van der Waals surface area (Å²) in [4.78, 5) is 14.0. The number of H-pyrrole nitrogens is 1. The van der Waals surface area contributed by atoms with Gasteiger partial charge in [-0.15, -0.1) is 0 Å². The molecule has 0 saturated carbocycles. The Morgan fingerprint density at radius 3 is 3.18 bits per heavy atom. The molecule has 124 valence electrons. The van der Waals surface area contributed by atoms with Gasteiger partial charge in [0.25, 0.3) is 0 Å². The highest BCUT2D eigenvalue weighted by Gasteiger charge is 2.16. The van der Waals surface area contributed by atoms with Crippen LogP contribution in [0.3, 0.4) is 0 Å². The Hall–Kier alpha value is -1.56. The van der Waals surface area contributed by atoms with Crippen molar-refractivity contribution in [1.29, 1.82) is 0 Å². The lowest BCUT2D eigenvalue weighted by molar-refractivity contribution is 0.159. The molecule has 1 aromatic heterocycles. The third-order valence-corrected chi connectivity index (χ3v) is 4.31. The molecule has 1 aliphatic rings. The highest BCUT2D eigenvalue weighted by molar-refractivity contribution is 5.77. The van der Waals surface area contributed by atoms with Crippen molar-refractivity contribution in [2.75, 3.05) is 26.2 Å².